The average molecular weight is 308 g/mol. The molecule has 0 heterocycles. The number of hydrogen-bond acceptors (Lipinski definition) is 2. The lowest BCUT2D eigenvalue weighted by molar-refractivity contribution is 0.135. The molecule has 23 heavy (non-hydrogen) atoms. The molecule has 0 aliphatic heterocycles. The van der Waals surface area contributed by atoms with Gasteiger partial charge in [0, 0.05) is 11.4 Å². The highest BCUT2D eigenvalue weighted by Gasteiger charge is 2.43. The molecule has 2 N–H and O–H groups in total. The number of benzene rings is 2. The second-order valence-electron chi connectivity index (χ2n) is 7.92. The summed E-state index contributed by atoms with van der Waals surface area (Å²) in [5.41, 5.74) is 2.58. The van der Waals surface area contributed by atoms with Crippen molar-refractivity contribution in [3.05, 3.63) is 60.7 Å². The highest BCUT2D eigenvalue weighted by molar-refractivity contribution is 5.52. The summed E-state index contributed by atoms with van der Waals surface area (Å²) < 4.78 is 0. The molecule has 0 saturated heterocycles. The Morgan fingerprint density at radius 2 is 1.26 bits per heavy atom. The lowest BCUT2D eigenvalue weighted by Crippen LogP contribution is -2.53. The van der Waals surface area contributed by atoms with Crippen molar-refractivity contribution in [2.45, 2.75) is 45.7 Å². The third-order valence-corrected chi connectivity index (χ3v) is 4.69. The van der Waals surface area contributed by atoms with Gasteiger partial charge in [0.05, 0.1) is 0 Å². The van der Waals surface area contributed by atoms with Crippen molar-refractivity contribution in [1.82, 2.24) is 0 Å². The summed E-state index contributed by atoms with van der Waals surface area (Å²) in [5, 5.41) is 7.64. The summed E-state index contributed by atoms with van der Waals surface area (Å²) >= 11 is 0. The first-order valence-electron chi connectivity index (χ1n) is 8.63. The largest absolute Gasteiger partial charge is 0.363 e. The summed E-state index contributed by atoms with van der Waals surface area (Å²) in [4.78, 5) is 0. The first kappa shape index (κ1) is 15.9. The van der Waals surface area contributed by atoms with Gasteiger partial charge in [0.1, 0.15) is 5.66 Å². The van der Waals surface area contributed by atoms with E-state index in [-0.39, 0.29) is 5.66 Å². The molecule has 0 spiro atoms. The lowest BCUT2D eigenvalue weighted by atomic mass is 9.67. The van der Waals surface area contributed by atoms with E-state index in [1.807, 2.05) is 0 Å². The zero-order valence-electron chi connectivity index (χ0n) is 14.5. The van der Waals surface area contributed by atoms with Crippen LogP contribution >= 0.6 is 0 Å². The van der Waals surface area contributed by atoms with Gasteiger partial charge in [-0.05, 0) is 54.9 Å². The first-order valence-corrected chi connectivity index (χ1v) is 8.63. The maximum Gasteiger partial charge on any atom is 0.108 e. The van der Waals surface area contributed by atoms with Gasteiger partial charge in [0.2, 0.25) is 0 Å². The van der Waals surface area contributed by atoms with Gasteiger partial charge in [0.25, 0.3) is 0 Å². The van der Waals surface area contributed by atoms with E-state index in [1.54, 1.807) is 0 Å². The number of nitrogens with one attached hydrogen (secondary N) is 2. The van der Waals surface area contributed by atoms with Gasteiger partial charge in [0.15, 0.2) is 0 Å². The zero-order valence-corrected chi connectivity index (χ0v) is 14.5. The molecule has 0 aromatic heterocycles. The third-order valence-electron chi connectivity index (χ3n) is 4.69. The molecule has 0 radical (unpaired) electrons. The van der Waals surface area contributed by atoms with Crippen LogP contribution in [0, 0.1) is 11.3 Å². The van der Waals surface area contributed by atoms with E-state index in [0.29, 0.717) is 11.3 Å². The van der Waals surface area contributed by atoms with Crippen LogP contribution in [-0.4, -0.2) is 5.66 Å². The van der Waals surface area contributed by atoms with Crippen LogP contribution in [0.4, 0.5) is 11.4 Å². The topological polar surface area (TPSA) is 24.1 Å². The Kier molecular flexibility index (Phi) is 4.34. The van der Waals surface area contributed by atoms with Gasteiger partial charge >= 0.3 is 0 Å². The molecular weight excluding hydrogens is 280 g/mol. The van der Waals surface area contributed by atoms with E-state index < -0.39 is 0 Å². The first-order chi connectivity index (χ1) is 11.0. The molecule has 122 valence electrons. The Labute approximate surface area is 140 Å². The van der Waals surface area contributed by atoms with Crippen LogP contribution in [0.5, 0.6) is 0 Å². The fourth-order valence-corrected chi connectivity index (χ4v) is 4.39. The predicted octanol–water partition coefficient (Wildman–Crippen LogP) is 5.75. The average Bonchev–Trinajstić information content (AvgIpc) is 2.46. The molecular formula is C21H28N2. The van der Waals surface area contributed by atoms with Crippen LogP contribution in [0.2, 0.25) is 0 Å². The molecule has 1 fully saturated rings. The monoisotopic (exact) mass is 308 g/mol. The molecule has 0 amide bonds. The van der Waals surface area contributed by atoms with Gasteiger partial charge < -0.3 is 10.6 Å². The van der Waals surface area contributed by atoms with Crippen LogP contribution in [-0.2, 0) is 0 Å². The Hall–Kier alpha value is -1.96. The maximum absolute atomic E-state index is 3.82. The van der Waals surface area contributed by atoms with E-state index in [2.05, 4.69) is 92.1 Å². The molecule has 1 unspecified atom stereocenters. The second kappa shape index (κ2) is 6.27. The Morgan fingerprint density at radius 3 is 1.70 bits per heavy atom. The Morgan fingerprint density at radius 1 is 0.783 bits per heavy atom. The zero-order chi connectivity index (χ0) is 16.3. The fraction of sp³-hybridized carbons (Fsp3) is 0.429. The Bertz CT molecular complexity index is 577. The van der Waals surface area contributed by atoms with E-state index in [9.17, 15) is 0 Å². The van der Waals surface area contributed by atoms with Crippen LogP contribution in [0.15, 0.2) is 60.7 Å². The van der Waals surface area contributed by atoms with Crippen molar-refractivity contribution in [3.8, 4) is 0 Å². The summed E-state index contributed by atoms with van der Waals surface area (Å²) in [6.45, 7) is 7.14. The molecule has 1 atom stereocenters. The van der Waals surface area contributed by atoms with Crippen molar-refractivity contribution in [1.29, 1.82) is 0 Å². The smallest absolute Gasteiger partial charge is 0.108 e. The van der Waals surface area contributed by atoms with Gasteiger partial charge in [-0.3, -0.25) is 0 Å². The molecule has 2 nitrogen and oxygen atoms in total. The standard InChI is InChI=1S/C21H28N2/c1-17-14-20(2,3)16-21(15-17,22-18-10-6-4-7-11-18)23-19-12-8-5-9-13-19/h4-13,17,22-23H,14-16H2,1-3H3. The number of hydrogen-bond donors (Lipinski definition) is 2. The van der Waals surface area contributed by atoms with E-state index in [0.717, 1.165) is 12.8 Å². The van der Waals surface area contributed by atoms with Crippen molar-refractivity contribution in [2.75, 3.05) is 10.6 Å². The van der Waals surface area contributed by atoms with Gasteiger partial charge in [-0.15, -0.1) is 0 Å². The summed E-state index contributed by atoms with van der Waals surface area (Å²) in [7, 11) is 0. The van der Waals surface area contributed by atoms with Crippen LogP contribution < -0.4 is 10.6 Å². The van der Waals surface area contributed by atoms with E-state index in [4.69, 9.17) is 0 Å². The quantitative estimate of drug-likeness (QED) is 0.702. The minimum atomic E-state index is -0.107. The highest BCUT2D eigenvalue weighted by atomic mass is 15.2. The molecule has 3 rings (SSSR count). The minimum Gasteiger partial charge on any atom is -0.363 e. The molecule has 2 heteroatoms. The van der Waals surface area contributed by atoms with Gasteiger partial charge in [-0.2, -0.15) is 0 Å². The van der Waals surface area contributed by atoms with Crippen LogP contribution in [0.1, 0.15) is 40.0 Å². The summed E-state index contributed by atoms with van der Waals surface area (Å²) in [6, 6.07) is 21.1. The normalized spacial score (nSPS) is 22.3. The molecule has 2 aromatic rings. The van der Waals surface area contributed by atoms with Crippen molar-refractivity contribution in [3.63, 3.8) is 0 Å². The minimum absolute atomic E-state index is 0.107. The number of para-hydroxylation sites is 2. The van der Waals surface area contributed by atoms with Crippen LogP contribution in [0.25, 0.3) is 0 Å². The van der Waals surface area contributed by atoms with Crippen molar-refractivity contribution in [2.24, 2.45) is 11.3 Å². The molecule has 2 aromatic carbocycles. The molecule has 1 aliphatic carbocycles. The van der Waals surface area contributed by atoms with Crippen molar-refractivity contribution >= 4 is 11.4 Å². The highest BCUT2D eigenvalue weighted by Crippen LogP contribution is 2.45. The molecule has 1 saturated carbocycles. The fourth-order valence-electron chi connectivity index (χ4n) is 4.39. The van der Waals surface area contributed by atoms with Gasteiger partial charge in [-0.25, -0.2) is 0 Å². The molecule has 0 bridgehead atoms. The molecule has 1 aliphatic rings. The summed E-state index contributed by atoms with van der Waals surface area (Å²) in [5.74, 6) is 0.686. The Balaban J connectivity index is 1.92. The van der Waals surface area contributed by atoms with Gasteiger partial charge in [-0.1, -0.05) is 57.2 Å². The SMILES string of the molecule is CC1CC(C)(C)CC(Nc2ccccc2)(Nc2ccccc2)C1. The maximum atomic E-state index is 3.82. The predicted molar refractivity (Wildman–Crippen MR) is 99.7 cm³/mol. The summed E-state index contributed by atoms with van der Waals surface area (Å²) in [6.07, 6.45) is 3.51. The van der Waals surface area contributed by atoms with E-state index in [1.165, 1.54) is 17.8 Å². The number of anilines is 2. The lowest BCUT2D eigenvalue weighted by Gasteiger charge is -2.49. The number of rotatable bonds is 4. The van der Waals surface area contributed by atoms with Crippen molar-refractivity contribution < 1.29 is 0 Å². The third kappa shape index (κ3) is 4.07. The van der Waals surface area contributed by atoms with Crippen LogP contribution in [0.3, 0.4) is 0 Å². The second-order valence-corrected chi connectivity index (χ2v) is 7.92. The van der Waals surface area contributed by atoms with E-state index >= 15 is 0 Å².